The summed E-state index contributed by atoms with van der Waals surface area (Å²) in [6, 6.07) is 4.64. The van der Waals surface area contributed by atoms with Gasteiger partial charge in [0, 0.05) is 19.7 Å². The van der Waals surface area contributed by atoms with Gasteiger partial charge in [0.15, 0.2) is 0 Å². The molecule has 6 heteroatoms. The molecule has 0 spiro atoms. The SMILES string of the molecule is COc1ccc(S(=O)(=O)N(C)C)cc1CCl. The summed E-state index contributed by atoms with van der Waals surface area (Å²) < 4.78 is 29.9. The third-order valence-corrected chi connectivity index (χ3v) is 4.27. The molecule has 0 aliphatic rings. The fourth-order valence-electron chi connectivity index (χ4n) is 1.23. The van der Waals surface area contributed by atoms with E-state index in [4.69, 9.17) is 16.3 Å². The number of alkyl halides is 1. The molecule has 0 N–H and O–H groups in total. The van der Waals surface area contributed by atoms with Crippen molar-refractivity contribution in [3.8, 4) is 5.75 Å². The van der Waals surface area contributed by atoms with Gasteiger partial charge in [-0.1, -0.05) is 0 Å². The molecule has 0 aliphatic heterocycles. The Balaban J connectivity index is 3.29. The zero-order valence-electron chi connectivity index (χ0n) is 9.40. The second-order valence-corrected chi connectivity index (χ2v) is 5.81. The minimum absolute atomic E-state index is 0.208. The van der Waals surface area contributed by atoms with Gasteiger partial charge in [0.2, 0.25) is 10.0 Å². The van der Waals surface area contributed by atoms with Gasteiger partial charge in [-0.2, -0.15) is 0 Å². The molecule has 1 aromatic rings. The quantitative estimate of drug-likeness (QED) is 0.777. The topological polar surface area (TPSA) is 46.6 Å². The van der Waals surface area contributed by atoms with Gasteiger partial charge < -0.3 is 4.74 Å². The Morgan fingerprint density at radius 2 is 2.00 bits per heavy atom. The zero-order valence-corrected chi connectivity index (χ0v) is 11.0. The van der Waals surface area contributed by atoms with E-state index in [1.54, 1.807) is 6.07 Å². The van der Waals surface area contributed by atoms with Crippen LogP contribution in [0.1, 0.15) is 5.56 Å². The molecule has 0 bridgehead atoms. The van der Waals surface area contributed by atoms with Crippen LogP contribution in [0.4, 0.5) is 0 Å². The first-order chi connectivity index (χ1) is 7.43. The summed E-state index contributed by atoms with van der Waals surface area (Å²) in [6.45, 7) is 0. The van der Waals surface area contributed by atoms with Crippen molar-refractivity contribution in [2.24, 2.45) is 0 Å². The smallest absolute Gasteiger partial charge is 0.242 e. The van der Waals surface area contributed by atoms with Crippen molar-refractivity contribution in [3.63, 3.8) is 0 Å². The van der Waals surface area contributed by atoms with E-state index >= 15 is 0 Å². The molecular formula is C10H14ClNO3S. The van der Waals surface area contributed by atoms with E-state index in [0.29, 0.717) is 11.3 Å². The summed E-state index contributed by atoms with van der Waals surface area (Å²) in [5, 5.41) is 0. The van der Waals surface area contributed by atoms with Gasteiger partial charge in [-0.15, -0.1) is 11.6 Å². The van der Waals surface area contributed by atoms with Crippen LogP contribution in [0.5, 0.6) is 5.75 Å². The lowest BCUT2D eigenvalue weighted by Crippen LogP contribution is -2.22. The lowest BCUT2D eigenvalue weighted by Gasteiger charge is -2.13. The first kappa shape index (κ1) is 13.3. The third kappa shape index (κ3) is 2.48. The number of halogens is 1. The molecule has 1 aromatic carbocycles. The molecule has 90 valence electrons. The van der Waals surface area contributed by atoms with Crippen molar-refractivity contribution >= 4 is 21.6 Å². The summed E-state index contributed by atoms with van der Waals surface area (Å²) >= 11 is 5.72. The maximum Gasteiger partial charge on any atom is 0.242 e. The monoisotopic (exact) mass is 263 g/mol. The molecule has 0 aliphatic carbocycles. The normalized spacial score (nSPS) is 11.8. The first-order valence-electron chi connectivity index (χ1n) is 4.59. The highest BCUT2D eigenvalue weighted by molar-refractivity contribution is 7.89. The number of rotatable bonds is 4. The van der Waals surface area contributed by atoms with Crippen molar-refractivity contribution in [2.75, 3.05) is 21.2 Å². The van der Waals surface area contributed by atoms with Crippen molar-refractivity contribution < 1.29 is 13.2 Å². The van der Waals surface area contributed by atoms with Gasteiger partial charge in [0.25, 0.3) is 0 Å². The van der Waals surface area contributed by atoms with E-state index in [-0.39, 0.29) is 10.8 Å². The van der Waals surface area contributed by atoms with E-state index in [1.165, 1.54) is 33.3 Å². The Morgan fingerprint density at radius 3 is 2.44 bits per heavy atom. The number of benzene rings is 1. The molecule has 4 nitrogen and oxygen atoms in total. The molecular weight excluding hydrogens is 250 g/mol. The van der Waals surface area contributed by atoms with Crippen molar-refractivity contribution in [3.05, 3.63) is 23.8 Å². The average Bonchev–Trinajstić information content (AvgIpc) is 2.27. The average molecular weight is 264 g/mol. The highest BCUT2D eigenvalue weighted by atomic mass is 35.5. The van der Waals surface area contributed by atoms with Crippen LogP contribution < -0.4 is 4.74 Å². The number of methoxy groups -OCH3 is 1. The number of hydrogen-bond donors (Lipinski definition) is 0. The van der Waals surface area contributed by atoms with E-state index in [1.807, 2.05) is 0 Å². The van der Waals surface area contributed by atoms with Crippen LogP contribution in [-0.4, -0.2) is 33.9 Å². The fourth-order valence-corrected chi connectivity index (χ4v) is 2.39. The number of ether oxygens (including phenoxy) is 1. The molecule has 0 saturated heterocycles. The van der Waals surface area contributed by atoms with Gasteiger partial charge in [-0.05, 0) is 18.2 Å². The minimum atomic E-state index is -3.42. The molecule has 0 saturated carbocycles. The number of hydrogen-bond acceptors (Lipinski definition) is 3. The molecule has 0 amide bonds. The maximum absolute atomic E-state index is 11.8. The highest BCUT2D eigenvalue weighted by Crippen LogP contribution is 2.24. The second-order valence-electron chi connectivity index (χ2n) is 3.39. The molecule has 0 heterocycles. The molecule has 0 radical (unpaired) electrons. The number of sulfonamides is 1. The van der Waals surface area contributed by atoms with Crippen LogP contribution in [-0.2, 0) is 15.9 Å². The summed E-state index contributed by atoms with van der Waals surface area (Å²) in [4.78, 5) is 0.217. The maximum atomic E-state index is 11.8. The molecule has 0 unspecified atom stereocenters. The van der Waals surface area contributed by atoms with Gasteiger partial charge in [0.05, 0.1) is 17.9 Å². The van der Waals surface area contributed by atoms with Crippen molar-refractivity contribution in [1.82, 2.24) is 4.31 Å². The predicted molar refractivity (Wildman–Crippen MR) is 63.4 cm³/mol. The van der Waals surface area contributed by atoms with Crippen LogP contribution in [0, 0.1) is 0 Å². The van der Waals surface area contributed by atoms with Crippen LogP contribution in [0.25, 0.3) is 0 Å². The minimum Gasteiger partial charge on any atom is -0.496 e. The van der Waals surface area contributed by atoms with Crippen molar-refractivity contribution in [2.45, 2.75) is 10.8 Å². The molecule has 1 rings (SSSR count). The Labute approximate surface area is 101 Å². The fraction of sp³-hybridized carbons (Fsp3) is 0.400. The van der Waals surface area contributed by atoms with Crippen LogP contribution >= 0.6 is 11.6 Å². The first-order valence-corrected chi connectivity index (χ1v) is 6.56. The van der Waals surface area contributed by atoms with E-state index in [0.717, 1.165) is 4.31 Å². The second kappa shape index (κ2) is 5.03. The molecule has 0 fully saturated rings. The van der Waals surface area contributed by atoms with Crippen molar-refractivity contribution in [1.29, 1.82) is 0 Å². The standard InChI is InChI=1S/C10H14ClNO3S/c1-12(2)16(13,14)9-4-5-10(15-3)8(6-9)7-11/h4-6H,7H2,1-3H3. The van der Waals surface area contributed by atoms with E-state index in [2.05, 4.69) is 0 Å². The third-order valence-electron chi connectivity index (χ3n) is 2.17. The molecule has 0 atom stereocenters. The summed E-state index contributed by atoms with van der Waals surface area (Å²) in [7, 11) is 1.08. The number of nitrogens with zero attached hydrogens (tertiary/aromatic N) is 1. The lowest BCUT2D eigenvalue weighted by atomic mass is 10.2. The largest absolute Gasteiger partial charge is 0.496 e. The Bertz CT molecular complexity index is 471. The molecule has 0 aromatic heterocycles. The van der Waals surface area contributed by atoms with Crippen LogP contribution in [0.2, 0.25) is 0 Å². The van der Waals surface area contributed by atoms with Gasteiger partial charge in [-0.25, -0.2) is 12.7 Å². The molecule has 16 heavy (non-hydrogen) atoms. The van der Waals surface area contributed by atoms with Crippen LogP contribution in [0.3, 0.4) is 0 Å². The van der Waals surface area contributed by atoms with E-state index < -0.39 is 10.0 Å². The van der Waals surface area contributed by atoms with Gasteiger partial charge >= 0.3 is 0 Å². The van der Waals surface area contributed by atoms with E-state index in [9.17, 15) is 8.42 Å². The van der Waals surface area contributed by atoms with Crippen LogP contribution in [0.15, 0.2) is 23.1 Å². The predicted octanol–water partition coefficient (Wildman–Crippen LogP) is 1.68. The summed E-state index contributed by atoms with van der Waals surface area (Å²) in [5.41, 5.74) is 0.659. The van der Waals surface area contributed by atoms with Gasteiger partial charge in [0.1, 0.15) is 5.75 Å². The zero-order chi connectivity index (χ0) is 12.3. The van der Waals surface area contributed by atoms with Gasteiger partial charge in [-0.3, -0.25) is 0 Å². The summed E-state index contributed by atoms with van der Waals surface area (Å²) in [6.07, 6.45) is 0. The Kier molecular flexibility index (Phi) is 4.18. The lowest BCUT2D eigenvalue weighted by molar-refractivity contribution is 0.410. The Morgan fingerprint density at radius 1 is 1.38 bits per heavy atom. The highest BCUT2D eigenvalue weighted by Gasteiger charge is 2.18. The summed E-state index contributed by atoms with van der Waals surface area (Å²) in [5.74, 6) is 0.799. The Hall–Kier alpha value is -0.780.